The van der Waals surface area contributed by atoms with Crippen molar-refractivity contribution in [3.63, 3.8) is 0 Å². The molecule has 12 heteroatoms. The van der Waals surface area contributed by atoms with Crippen LogP contribution in [0.1, 0.15) is 5.56 Å². The van der Waals surface area contributed by atoms with E-state index in [0.717, 1.165) is 0 Å². The van der Waals surface area contributed by atoms with Crippen molar-refractivity contribution in [2.75, 3.05) is 5.32 Å². The SMILES string of the molecule is Cc1ccc(Nc2cc(=O)n3c(-c4ccc([N+](=O)[O-])cc4)csc3n2)cc1S(=O)(=O)O. The number of rotatable bonds is 5. The number of nitrogens with zero attached hydrogens (tertiary/aromatic N) is 3. The molecule has 0 aliphatic carbocycles. The lowest BCUT2D eigenvalue weighted by atomic mass is 10.1. The van der Waals surface area contributed by atoms with E-state index in [4.69, 9.17) is 0 Å². The second-order valence-corrected chi connectivity index (χ2v) is 8.83. The van der Waals surface area contributed by atoms with Crippen molar-refractivity contribution in [2.45, 2.75) is 11.8 Å². The zero-order valence-corrected chi connectivity index (χ0v) is 17.5. The molecule has 0 bridgehead atoms. The van der Waals surface area contributed by atoms with Gasteiger partial charge >= 0.3 is 0 Å². The average Bonchev–Trinajstić information content (AvgIpc) is 3.13. The van der Waals surface area contributed by atoms with E-state index in [9.17, 15) is 27.9 Å². The fourth-order valence-corrected chi connectivity index (χ4v) is 4.70. The highest BCUT2D eigenvalue weighted by Gasteiger charge is 2.15. The van der Waals surface area contributed by atoms with Gasteiger partial charge in [-0.05, 0) is 36.8 Å². The van der Waals surface area contributed by atoms with E-state index >= 15 is 0 Å². The van der Waals surface area contributed by atoms with Gasteiger partial charge in [-0.3, -0.25) is 23.9 Å². The number of anilines is 2. The van der Waals surface area contributed by atoms with E-state index in [1.165, 1.54) is 46.1 Å². The number of nitro groups is 1. The molecule has 0 saturated heterocycles. The molecule has 0 unspecified atom stereocenters. The standard InChI is InChI=1S/C19H14N4O6S2/c1-11-2-5-13(8-16(11)31(27,28)29)20-17-9-18(24)22-15(10-30-19(22)21-17)12-3-6-14(7-4-12)23(25)26/h2-10,20H,1H3,(H,27,28,29). The molecule has 2 heterocycles. The monoisotopic (exact) mass is 458 g/mol. The topological polar surface area (TPSA) is 144 Å². The number of aryl methyl sites for hydroxylation is 1. The minimum absolute atomic E-state index is 0.0531. The van der Waals surface area contributed by atoms with E-state index in [0.29, 0.717) is 27.5 Å². The second-order valence-electron chi connectivity index (χ2n) is 6.60. The Labute approximate surface area is 179 Å². The Morgan fingerprint density at radius 1 is 1.16 bits per heavy atom. The van der Waals surface area contributed by atoms with Gasteiger partial charge in [-0.15, -0.1) is 11.3 Å². The molecular weight excluding hydrogens is 444 g/mol. The smallest absolute Gasteiger partial charge is 0.294 e. The lowest BCUT2D eigenvalue weighted by molar-refractivity contribution is -0.384. The van der Waals surface area contributed by atoms with Crippen molar-refractivity contribution in [1.82, 2.24) is 9.38 Å². The number of hydrogen-bond acceptors (Lipinski definition) is 8. The molecule has 31 heavy (non-hydrogen) atoms. The number of fused-ring (bicyclic) bond motifs is 1. The molecule has 0 aliphatic rings. The van der Waals surface area contributed by atoms with Gasteiger partial charge in [0.25, 0.3) is 21.4 Å². The van der Waals surface area contributed by atoms with Crippen LogP contribution in [0.3, 0.4) is 0 Å². The predicted molar refractivity (Wildman–Crippen MR) is 116 cm³/mol. The average molecular weight is 458 g/mol. The van der Waals surface area contributed by atoms with Crippen LogP contribution in [-0.4, -0.2) is 27.3 Å². The van der Waals surface area contributed by atoms with Crippen LogP contribution in [0.5, 0.6) is 0 Å². The first-order valence-corrected chi connectivity index (χ1v) is 11.1. The Kier molecular flexibility index (Phi) is 5.05. The van der Waals surface area contributed by atoms with Gasteiger partial charge in [0.15, 0.2) is 4.96 Å². The molecule has 0 atom stereocenters. The summed E-state index contributed by atoms with van der Waals surface area (Å²) in [5, 5.41) is 15.4. The van der Waals surface area contributed by atoms with Crippen molar-refractivity contribution in [3.05, 3.63) is 79.9 Å². The number of nitrogens with one attached hydrogen (secondary N) is 1. The van der Waals surface area contributed by atoms with Gasteiger partial charge in [0, 0.05) is 34.8 Å². The minimum Gasteiger partial charge on any atom is -0.340 e. The molecule has 4 rings (SSSR count). The van der Waals surface area contributed by atoms with Crippen LogP contribution in [0.25, 0.3) is 16.2 Å². The lowest BCUT2D eigenvalue weighted by Gasteiger charge is -2.09. The minimum atomic E-state index is -4.39. The number of hydrogen-bond donors (Lipinski definition) is 2. The van der Waals surface area contributed by atoms with Crippen molar-refractivity contribution in [3.8, 4) is 11.3 Å². The van der Waals surface area contributed by atoms with Crippen molar-refractivity contribution in [1.29, 1.82) is 0 Å². The normalized spacial score (nSPS) is 11.5. The van der Waals surface area contributed by atoms with Gasteiger partial charge in [0.05, 0.1) is 15.5 Å². The molecule has 158 valence electrons. The second kappa shape index (κ2) is 7.58. The first kappa shape index (κ1) is 20.7. The highest BCUT2D eigenvalue weighted by Crippen LogP contribution is 2.27. The van der Waals surface area contributed by atoms with Crippen molar-refractivity contribution in [2.24, 2.45) is 0 Å². The molecule has 0 saturated carbocycles. The van der Waals surface area contributed by atoms with E-state index in [1.807, 2.05) is 0 Å². The summed E-state index contributed by atoms with van der Waals surface area (Å²) in [7, 11) is -4.39. The third kappa shape index (κ3) is 4.03. The van der Waals surface area contributed by atoms with E-state index in [-0.39, 0.29) is 22.0 Å². The molecule has 0 spiro atoms. The molecule has 0 fully saturated rings. The number of nitro benzene ring substituents is 1. The van der Waals surface area contributed by atoms with Gasteiger partial charge in [0.1, 0.15) is 5.82 Å². The van der Waals surface area contributed by atoms with Crippen LogP contribution < -0.4 is 10.9 Å². The Balaban J connectivity index is 1.72. The summed E-state index contributed by atoms with van der Waals surface area (Å²) in [5.74, 6) is 0.201. The van der Waals surface area contributed by atoms with Gasteiger partial charge in [0.2, 0.25) is 0 Å². The molecule has 2 aromatic carbocycles. The van der Waals surface area contributed by atoms with Crippen LogP contribution in [-0.2, 0) is 10.1 Å². The summed E-state index contributed by atoms with van der Waals surface area (Å²) >= 11 is 1.21. The first-order valence-electron chi connectivity index (χ1n) is 8.75. The maximum absolute atomic E-state index is 12.7. The van der Waals surface area contributed by atoms with Crippen LogP contribution in [0, 0.1) is 17.0 Å². The van der Waals surface area contributed by atoms with Crippen molar-refractivity contribution < 1.29 is 17.9 Å². The Morgan fingerprint density at radius 2 is 1.87 bits per heavy atom. The first-order chi connectivity index (χ1) is 14.6. The van der Waals surface area contributed by atoms with E-state index in [2.05, 4.69) is 10.3 Å². The fraction of sp³-hybridized carbons (Fsp3) is 0.0526. The van der Waals surface area contributed by atoms with Crippen molar-refractivity contribution >= 4 is 43.6 Å². The highest BCUT2D eigenvalue weighted by molar-refractivity contribution is 7.85. The molecule has 0 amide bonds. The summed E-state index contributed by atoms with van der Waals surface area (Å²) in [4.78, 5) is 27.6. The number of aromatic nitrogens is 2. The number of non-ortho nitro benzene ring substituents is 1. The van der Waals surface area contributed by atoms with Crippen LogP contribution in [0.4, 0.5) is 17.2 Å². The predicted octanol–water partition coefficient (Wildman–Crippen LogP) is 3.63. The van der Waals surface area contributed by atoms with Gasteiger partial charge in [-0.1, -0.05) is 6.07 Å². The van der Waals surface area contributed by atoms with Gasteiger partial charge in [-0.2, -0.15) is 8.42 Å². The fourth-order valence-electron chi connectivity index (χ4n) is 3.04. The lowest BCUT2D eigenvalue weighted by Crippen LogP contribution is -2.14. The summed E-state index contributed by atoms with van der Waals surface area (Å²) < 4.78 is 33.7. The molecular formula is C19H14N4O6S2. The maximum atomic E-state index is 12.7. The number of thiazole rings is 1. The Bertz CT molecular complexity index is 1490. The maximum Gasteiger partial charge on any atom is 0.294 e. The third-order valence-electron chi connectivity index (χ3n) is 4.52. The van der Waals surface area contributed by atoms with E-state index in [1.54, 1.807) is 30.5 Å². The third-order valence-corrected chi connectivity index (χ3v) is 6.34. The number of benzene rings is 2. The largest absolute Gasteiger partial charge is 0.340 e. The highest BCUT2D eigenvalue weighted by atomic mass is 32.2. The Hall–Kier alpha value is -3.61. The van der Waals surface area contributed by atoms with Crippen LogP contribution in [0.15, 0.2) is 63.6 Å². The molecule has 0 radical (unpaired) electrons. The van der Waals surface area contributed by atoms with E-state index < -0.39 is 15.0 Å². The molecule has 4 aromatic rings. The molecule has 0 aliphatic heterocycles. The van der Waals surface area contributed by atoms with Gasteiger partial charge < -0.3 is 5.32 Å². The zero-order chi connectivity index (χ0) is 22.3. The summed E-state index contributed by atoms with van der Waals surface area (Å²) in [6.45, 7) is 1.55. The van der Waals surface area contributed by atoms with Crippen LogP contribution in [0.2, 0.25) is 0 Å². The zero-order valence-electron chi connectivity index (χ0n) is 15.8. The van der Waals surface area contributed by atoms with Crippen LogP contribution >= 0.6 is 11.3 Å². The molecule has 2 aromatic heterocycles. The molecule has 2 N–H and O–H groups in total. The summed E-state index contributed by atoms with van der Waals surface area (Å²) in [5.41, 5.74) is 1.44. The van der Waals surface area contributed by atoms with Gasteiger partial charge in [-0.25, -0.2) is 4.98 Å². The summed E-state index contributed by atoms with van der Waals surface area (Å²) in [6.07, 6.45) is 0. The Morgan fingerprint density at radius 3 is 2.52 bits per heavy atom. The quantitative estimate of drug-likeness (QED) is 0.262. The molecule has 10 nitrogen and oxygen atoms in total. The summed E-state index contributed by atoms with van der Waals surface area (Å²) in [6, 6.07) is 11.5.